The molecule has 1 amide bonds. The van der Waals surface area contributed by atoms with Crippen LogP contribution in [-0.2, 0) is 11.3 Å². The maximum atomic E-state index is 11.6. The Labute approximate surface area is 127 Å². The van der Waals surface area contributed by atoms with Gasteiger partial charge in [-0.2, -0.15) is 0 Å². The van der Waals surface area contributed by atoms with Gasteiger partial charge in [0.25, 0.3) is 0 Å². The van der Waals surface area contributed by atoms with Crippen molar-refractivity contribution in [1.82, 2.24) is 5.32 Å². The molecule has 1 aromatic rings. The second kappa shape index (κ2) is 6.48. The SMILES string of the molecule is CCCNCc1ccc(N2CCC(C)(C(N)=O)C2)cc1C. The molecule has 21 heavy (non-hydrogen) atoms. The quantitative estimate of drug-likeness (QED) is 0.789. The van der Waals surface area contributed by atoms with Gasteiger partial charge in [0.15, 0.2) is 0 Å². The largest absolute Gasteiger partial charge is 0.370 e. The minimum atomic E-state index is -0.394. The van der Waals surface area contributed by atoms with Gasteiger partial charge in [-0.25, -0.2) is 0 Å². The highest BCUT2D eigenvalue weighted by atomic mass is 16.1. The lowest BCUT2D eigenvalue weighted by atomic mass is 9.89. The Morgan fingerprint density at radius 3 is 2.81 bits per heavy atom. The zero-order chi connectivity index (χ0) is 15.5. The van der Waals surface area contributed by atoms with Gasteiger partial charge in [0.2, 0.25) is 5.91 Å². The first-order valence-electron chi connectivity index (χ1n) is 7.81. The molecule has 0 spiro atoms. The average Bonchev–Trinajstić information content (AvgIpc) is 2.85. The van der Waals surface area contributed by atoms with E-state index in [-0.39, 0.29) is 5.91 Å². The van der Waals surface area contributed by atoms with Crippen molar-refractivity contribution in [3.05, 3.63) is 29.3 Å². The number of hydrogen-bond acceptors (Lipinski definition) is 3. The zero-order valence-corrected chi connectivity index (χ0v) is 13.4. The number of amides is 1. The highest BCUT2D eigenvalue weighted by Gasteiger charge is 2.38. The number of aryl methyl sites for hydroxylation is 1. The summed E-state index contributed by atoms with van der Waals surface area (Å²) in [6.07, 6.45) is 1.98. The molecule has 1 aliphatic rings. The number of nitrogens with zero attached hydrogens (tertiary/aromatic N) is 1. The standard InChI is InChI=1S/C17H27N3O/c1-4-8-19-11-14-5-6-15(10-13(14)2)20-9-7-17(3,12-20)16(18)21/h5-6,10,19H,4,7-9,11-12H2,1-3H3,(H2,18,21). The average molecular weight is 289 g/mol. The second-order valence-corrected chi connectivity index (χ2v) is 6.38. The number of carbonyl (C=O) groups is 1. The lowest BCUT2D eigenvalue weighted by Gasteiger charge is -2.23. The van der Waals surface area contributed by atoms with Crippen LogP contribution in [0.25, 0.3) is 0 Å². The fourth-order valence-electron chi connectivity index (χ4n) is 2.86. The van der Waals surface area contributed by atoms with Gasteiger partial charge in [-0.1, -0.05) is 13.0 Å². The van der Waals surface area contributed by atoms with Crippen LogP contribution in [0.1, 0.15) is 37.8 Å². The van der Waals surface area contributed by atoms with Crippen molar-refractivity contribution in [3.63, 3.8) is 0 Å². The van der Waals surface area contributed by atoms with Crippen LogP contribution in [0, 0.1) is 12.3 Å². The first-order valence-corrected chi connectivity index (χ1v) is 7.81. The monoisotopic (exact) mass is 289 g/mol. The predicted octanol–water partition coefficient (Wildman–Crippen LogP) is 2.20. The van der Waals surface area contributed by atoms with Crippen LogP contribution in [0.5, 0.6) is 0 Å². The number of carbonyl (C=O) groups excluding carboxylic acids is 1. The first-order chi connectivity index (χ1) is 9.96. The molecule has 0 radical (unpaired) electrons. The normalized spacial score (nSPS) is 21.8. The third-order valence-electron chi connectivity index (χ3n) is 4.50. The summed E-state index contributed by atoms with van der Waals surface area (Å²) in [4.78, 5) is 13.8. The predicted molar refractivity (Wildman–Crippen MR) is 87.3 cm³/mol. The summed E-state index contributed by atoms with van der Waals surface area (Å²) in [7, 11) is 0. The van der Waals surface area contributed by atoms with Crippen molar-refractivity contribution in [2.75, 3.05) is 24.5 Å². The van der Waals surface area contributed by atoms with Crippen molar-refractivity contribution in [1.29, 1.82) is 0 Å². The van der Waals surface area contributed by atoms with E-state index in [2.05, 4.69) is 42.3 Å². The Kier molecular flexibility index (Phi) is 4.88. The fourth-order valence-corrected chi connectivity index (χ4v) is 2.86. The number of primary amides is 1. The lowest BCUT2D eigenvalue weighted by Crippen LogP contribution is -2.37. The highest BCUT2D eigenvalue weighted by Crippen LogP contribution is 2.33. The molecular formula is C17H27N3O. The van der Waals surface area contributed by atoms with E-state index in [0.29, 0.717) is 0 Å². The van der Waals surface area contributed by atoms with E-state index in [1.807, 2.05) is 6.92 Å². The van der Waals surface area contributed by atoms with Crippen molar-refractivity contribution >= 4 is 11.6 Å². The molecule has 3 N–H and O–H groups in total. The molecular weight excluding hydrogens is 262 g/mol. The Hall–Kier alpha value is -1.55. The van der Waals surface area contributed by atoms with Gasteiger partial charge in [-0.3, -0.25) is 4.79 Å². The van der Waals surface area contributed by atoms with Gasteiger partial charge in [0.1, 0.15) is 0 Å². The van der Waals surface area contributed by atoms with E-state index in [4.69, 9.17) is 5.73 Å². The molecule has 1 atom stereocenters. The summed E-state index contributed by atoms with van der Waals surface area (Å²) in [5.74, 6) is -0.192. The highest BCUT2D eigenvalue weighted by molar-refractivity contribution is 5.82. The lowest BCUT2D eigenvalue weighted by molar-refractivity contribution is -0.125. The van der Waals surface area contributed by atoms with Crippen LogP contribution in [0.2, 0.25) is 0 Å². The minimum absolute atomic E-state index is 0.192. The number of rotatable bonds is 6. The molecule has 1 unspecified atom stereocenters. The Morgan fingerprint density at radius 1 is 1.48 bits per heavy atom. The van der Waals surface area contributed by atoms with Crippen molar-refractivity contribution < 1.29 is 4.79 Å². The van der Waals surface area contributed by atoms with Crippen LogP contribution in [0.15, 0.2) is 18.2 Å². The van der Waals surface area contributed by atoms with Gasteiger partial charge < -0.3 is 16.0 Å². The molecule has 4 nitrogen and oxygen atoms in total. The molecule has 0 aliphatic carbocycles. The molecule has 0 bridgehead atoms. The van der Waals surface area contributed by atoms with Crippen LogP contribution in [0.4, 0.5) is 5.69 Å². The van der Waals surface area contributed by atoms with Gasteiger partial charge >= 0.3 is 0 Å². The number of benzene rings is 1. The molecule has 0 aromatic heterocycles. The molecule has 1 fully saturated rings. The van der Waals surface area contributed by atoms with Gasteiger partial charge in [-0.15, -0.1) is 0 Å². The van der Waals surface area contributed by atoms with Crippen LogP contribution in [-0.4, -0.2) is 25.5 Å². The van der Waals surface area contributed by atoms with Crippen LogP contribution < -0.4 is 16.0 Å². The smallest absolute Gasteiger partial charge is 0.225 e. The molecule has 1 saturated heterocycles. The molecule has 2 rings (SSSR count). The third-order valence-corrected chi connectivity index (χ3v) is 4.50. The van der Waals surface area contributed by atoms with E-state index >= 15 is 0 Å². The summed E-state index contributed by atoms with van der Waals surface area (Å²) in [5.41, 5.74) is 8.95. The van der Waals surface area contributed by atoms with Crippen molar-refractivity contribution in [2.24, 2.45) is 11.1 Å². The summed E-state index contributed by atoms with van der Waals surface area (Å²) >= 11 is 0. The van der Waals surface area contributed by atoms with E-state index in [1.54, 1.807) is 0 Å². The van der Waals surface area contributed by atoms with E-state index in [0.717, 1.165) is 39.0 Å². The van der Waals surface area contributed by atoms with E-state index in [9.17, 15) is 4.79 Å². The molecule has 4 heteroatoms. The molecule has 1 aromatic carbocycles. The van der Waals surface area contributed by atoms with Crippen molar-refractivity contribution in [3.8, 4) is 0 Å². The minimum Gasteiger partial charge on any atom is -0.370 e. The summed E-state index contributed by atoms with van der Waals surface area (Å²) in [5, 5.41) is 3.43. The molecule has 1 heterocycles. The molecule has 1 aliphatic heterocycles. The van der Waals surface area contributed by atoms with Gasteiger partial charge in [0, 0.05) is 25.3 Å². The maximum Gasteiger partial charge on any atom is 0.225 e. The first kappa shape index (κ1) is 15.8. The third kappa shape index (κ3) is 3.56. The molecule has 0 saturated carbocycles. The van der Waals surface area contributed by atoms with Crippen molar-refractivity contribution in [2.45, 2.75) is 40.2 Å². The Morgan fingerprint density at radius 2 is 2.24 bits per heavy atom. The van der Waals surface area contributed by atoms with Gasteiger partial charge in [-0.05, 0) is 56.5 Å². The summed E-state index contributed by atoms with van der Waals surface area (Å²) < 4.78 is 0. The fraction of sp³-hybridized carbons (Fsp3) is 0.588. The summed E-state index contributed by atoms with van der Waals surface area (Å²) in [6.45, 7) is 9.86. The maximum absolute atomic E-state index is 11.6. The van der Waals surface area contributed by atoms with Crippen LogP contribution >= 0.6 is 0 Å². The number of nitrogens with one attached hydrogen (secondary N) is 1. The summed E-state index contributed by atoms with van der Waals surface area (Å²) in [6, 6.07) is 6.56. The van der Waals surface area contributed by atoms with Crippen LogP contribution in [0.3, 0.4) is 0 Å². The molecule has 116 valence electrons. The Bertz CT molecular complexity index is 515. The number of nitrogens with two attached hydrogens (primary N) is 1. The number of hydrogen-bond donors (Lipinski definition) is 2. The number of anilines is 1. The second-order valence-electron chi connectivity index (χ2n) is 6.38. The Balaban J connectivity index is 2.05. The van der Waals surface area contributed by atoms with E-state index in [1.165, 1.54) is 16.8 Å². The zero-order valence-electron chi connectivity index (χ0n) is 13.4. The topological polar surface area (TPSA) is 58.4 Å². The van der Waals surface area contributed by atoms with Gasteiger partial charge in [0.05, 0.1) is 5.41 Å². The van der Waals surface area contributed by atoms with E-state index < -0.39 is 5.41 Å².